The van der Waals surface area contributed by atoms with Gasteiger partial charge in [0.2, 0.25) is 5.91 Å². The third kappa shape index (κ3) is 7.28. The van der Waals surface area contributed by atoms with Gasteiger partial charge in [0.15, 0.2) is 5.78 Å². The first-order valence-electron chi connectivity index (χ1n) is 8.97. The second-order valence-electron chi connectivity index (χ2n) is 6.45. The van der Waals surface area contributed by atoms with Crippen molar-refractivity contribution in [1.29, 1.82) is 0 Å². The van der Waals surface area contributed by atoms with E-state index in [1.807, 2.05) is 0 Å². The number of amides is 1. The fraction of sp³-hybridized carbons (Fsp3) is 0.316. The standard InChI is InChI=1S/C19H24N6O4/c20-24-13-23-15-4-1-3-14(9-15)16(26)10-22-11-17(27)25-19(7-5-18(28)29)6-2-8-21-12-19/h1-4,6,8-9,13,22H,5,7,10-12,20H2,(H,23,24)(H,25,27)(H,28,29). The summed E-state index contributed by atoms with van der Waals surface area (Å²) < 4.78 is 0. The molecule has 1 unspecified atom stereocenters. The minimum Gasteiger partial charge on any atom is -0.481 e. The molecule has 6 N–H and O–H groups in total. The summed E-state index contributed by atoms with van der Waals surface area (Å²) in [5.74, 6) is 3.63. The maximum atomic E-state index is 12.3. The Morgan fingerprint density at radius 3 is 2.83 bits per heavy atom. The minimum atomic E-state index is -0.945. The zero-order valence-corrected chi connectivity index (χ0v) is 15.8. The number of dihydropyridines is 1. The number of benzene rings is 1. The van der Waals surface area contributed by atoms with Gasteiger partial charge in [-0.05, 0) is 24.6 Å². The van der Waals surface area contributed by atoms with Gasteiger partial charge in [0.25, 0.3) is 0 Å². The molecule has 10 nitrogen and oxygen atoms in total. The molecule has 0 aromatic heterocycles. The second kappa shape index (κ2) is 10.8. The first kappa shape index (κ1) is 21.9. The highest BCUT2D eigenvalue weighted by molar-refractivity contribution is 5.98. The molecule has 2 rings (SSSR count). The van der Waals surface area contributed by atoms with Crippen LogP contribution in [0.15, 0.2) is 46.4 Å². The summed E-state index contributed by atoms with van der Waals surface area (Å²) in [4.78, 5) is 43.6. The number of carbonyl (C=O) groups excluding carboxylic acids is 2. The first-order valence-corrected chi connectivity index (χ1v) is 8.97. The molecule has 0 bridgehead atoms. The number of aliphatic imine (C=N–C) groups is 2. The van der Waals surface area contributed by atoms with Crippen LogP contribution in [-0.2, 0) is 9.59 Å². The molecule has 1 atom stereocenters. The third-order valence-corrected chi connectivity index (χ3v) is 4.18. The third-order valence-electron chi connectivity index (χ3n) is 4.18. The van der Waals surface area contributed by atoms with E-state index >= 15 is 0 Å². The van der Waals surface area contributed by atoms with Gasteiger partial charge < -0.3 is 21.2 Å². The molecule has 1 aliphatic heterocycles. The average Bonchev–Trinajstić information content (AvgIpc) is 2.71. The number of carbonyl (C=O) groups is 3. The maximum absolute atomic E-state index is 12.3. The largest absolute Gasteiger partial charge is 0.481 e. The quantitative estimate of drug-likeness (QED) is 0.114. The molecular weight excluding hydrogens is 376 g/mol. The Hall–Kier alpha value is -3.37. The molecule has 1 aromatic rings. The predicted molar refractivity (Wildman–Crippen MR) is 109 cm³/mol. The van der Waals surface area contributed by atoms with Crippen LogP contribution in [0.2, 0.25) is 0 Å². The molecule has 154 valence electrons. The molecule has 0 aliphatic carbocycles. The molecular formula is C19H24N6O4. The summed E-state index contributed by atoms with van der Waals surface area (Å²) in [6.07, 6.45) is 6.46. The number of Topliss-reactive ketones (excluding diaryl/α,β-unsaturated/α-hetero) is 1. The van der Waals surface area contributed by atoms with Gasteiger partial charge in [0.05, 0.1) is 30.9 Å². The predicted octanol–water partition coefficient (Wildman–Crippen LogP) is -0.0576. The number of ketones is 1. The van der Waals surface area contributed by atoms with Gasteiger partial charge in [-0.25, -0.2) is 10.8 Å². The first-order chi connectivity index (χ1) is 13.9. The van der Waals surface area contributed by atoms with Crippen LogP contribution in [-0.4, -0.2) is 60.5 Å². The van der Waals surface area contributed by atoms with Crippen molar-refractivity contribution in [3.05, 3.63) is 42.0 Å². The summed E-state index contributed by atoms with van der Waals surface area (Å²) in [7, 11) is 0. The fourth-order valence-corrected chi connectivity index (χ4v) is 2.78. The van der Waals surface area contributed by atoms with Crippen LogP contribution >= 0.6 is 0 Å². The van der Waals surface area contributed by atoms with Crippen LogP contribution in [0.3, 0.4) is 0 Å². The summed E-state index contributed by atoms with van der Waals surface area (Å²) in [6.45, 7) is 0.144. The highest BCUT2D eigenvalue weighted by Crippen LogP contribution is 2.18. The van der Waals surface area contributed by atoms with Gasteiger partial charge >= 0.3 is 5.97 Å². The van der Waals surface area contributed by atoms with E-state index in [0.717, 1.165) is 0 Å². The molecule has 1 amide bonds. The molecule has 0 spiro atoms. The number of hydrazine groups is 1. The van der Waals surface area contributed by atoms with Crippen LogP contribution < -0.4 is 21.9 Å². The molecule has 10 heteroatoms. The normalized spacial score (nSPS) is 18.0. The van der Waals surface area contributed by atoms with Crippen LogP contribution in [0.4, 0.5) is 5.69 Å². The Labute approximate surface area is 168 Å². The number of hydrogen-bond donors (Lipinski definition) is 5. The van der Waals surface area contributed by atoms with Crippen LogP contribution in [0, 0.1) is 0 Å². The van der Waals surface area contributed by atoms with Crippen LogP contribution in [0.25, 0.3) is 0 Å². The molecule has 1 aromatic carbocycles. The van der Waals surface area contributed by atoms with Crippen molar-refractivity contribution in [3.63, 3.8) is 0 Å². The molecule has 0 radical (unpaired) electrons. The number of rotatable bonds is 11. The fourth-order valence-electron chi connectivity index (χ4n) is 2.78. The number of carboxylic acid groups (broad SMARTS) is 1. The molecule has 0 fully saturated rings. The van der Waals surface area contributed by atoms with E-state index in [1.54, 1.807) is 42.6 Å². The average molecular weight is 400 g/mol. The highest BCUT2D eigenvalue weighted by Gasteiger charge is 2.30. The topological polar surface area (TPSA) is 158 Å². The Morgan fingerprint density at radius 2 is 2.14 bits per heavy atom. The van der Waals surface area contributed by atoms with E-state index in [-0.39, 0.29) is 44.2 Å². The van der Waals surface area contributed by atoms with E-state index in [0.29, 0.717) is 11.3 Å². The van der Waals surface area contributed by atoms with Crippen molar-refractivity contribution in [2.24, 2.45) is 15.8 Å². The van der Waals surface area contributed by atoms with Crippen molar-refractivity contribution < 1.29 is 19.5 Å². The lowest BCUT2D eigenvalue weighted by Crippen LogP contribution is -2.53. The lowest BCUT2D eigenvalue weighted by Gasteiger charge is -2.31. The molecule has 0 saturated carbocycles. The van der Waals surface area contributed by atoms with Crippen molar-refractivity contribution in [2.75, 3.05) is 19.6 Å². The Bertz CT molecular complexity index is 836. The Kier molecular flexibility index (Phi) is 8.19. The minimum absolute atomic E-state index is 0.0359. The number of nitrogens with two attached hydrogens (primary N) is 1. The Balaban J connectivity index is 1.86. The smallest absolute Gasteiger partial charge is 0.303 e. The van der Waals surface area contributed by atoms with E-state index in [2.05, 4.69) is 26.0 Å². The molecule has 1 heterocycles. The van der Waals surface area contributed by atoms with Crippen molar-refractivity contribution in [2.45, 2.75) is 18.4 Å². The van der Waals surface area contributed by atoms with Gasteiger partial charge in [0, 0.05) is 18.2 Å². The van der Waals surface area contributed by atoms with E-state index < -0.39 is 11.5 Å². The van der Waals surface area contributed by atoms with Gasteiger partial charge in [-0.2, -0.15) is 0 Å². The van der Waals surface area contributed by atoms with Crippen molar-refractivity contribution >= 4 is 35.9 Å². The summed E-state index contributed by atoms with van der Waals surface area (Å²) in [6, 6.07) is 6.70. The second-order valence-corrected chi connectivity index (χ2v) is 6.45. The SMILES string of the molecule is NNC=Nc1cccc(C(=O)CNCC(=O)NC2(CCC(=O)O)C=CC=NC2)c1. The van der Waals surface area contributed by atoms with E-state index in [4.69, 9.17) is 10.9 Å². The molecule has 1 aliphatic rings. The number of allylic oxidation sites excluding steroid dienone is 1. The Morgan fingerprint density at radius 1 is 1.31 bits per heavy atom. The lowest BCUT2D eigenvalue weighted by atomic mass is 9.91. The monoisotopic (exact) mass is 400 g/mol. The van der Waals surface area contributed by atoms with Crippen LogP contribution in [0.5, 0.6) is 0 Å². The number of carboxylic acids is 1. The molecule has 29 heavy (non-hydrogen) atoms. The highest BCUT2D eigenvalue weighted by atomic mass is 16.4. The summed E-state index contributed by atoms with van der Waals surface area (Å²) in [5.41, 5.74) is 2.47. The van der Waals surface area contributed by atoms with E-state index in [9.17, 15) is 14.4 Å². The number of aliphatic carboxylic acids is 1. The van der Waals surface area contributed by atoms with Gasteiger partial charge in [0.1, 0.15) is 6.34 Å². The van der Waals surface area contributed by atoms with Crippen molar-refractivity contribution in [3.8, 4) is 0 Å². The van der Waals surface area contributed by atoms with E-state index in [1.165, 1.54) is 6.34 Å². The molecule has 0 saturated heterocycles. The summed E-state index contributed by atoms with van der Waals surface area (Å²) in [5, 5.41) is 14.6. The number of nitrogens with one attached hydrogen (secondary N) is 3. The van der Waals surface area contributed by atoms with Gasteiger partial charge in [-0.15, -0.1) is 0 Å². The maximum Gasteiger partial charge on any atom is 0.303 e. The van der Waals surface area contributed by atoms with Crippen molar-refractivity contribution in [1.82, 2.24) is 16.1 Å². The van der Waals surface area contributed by atoms with Gasteiger partial charge in [-0.1, -0.05) is 18.2 Å². The number of hydrogen-bond acceptors (Lipinski definition) is 7. The zero-order chi connectivity index (χ0) is 21.1. The summed E-state index contributed by atoms with van der Waals surface area (Å²) >= 11 is 0. The van der Waals surface area contributed by atoms with Crippen LogP contribution in [0.1, 0.15) is 23.2 Å². The zero-order valence-electron chi connectivity index (χ0n) is 15.8. The lowest BCUT2D eigenvalue weighted by molar-refractivity contribution is -0.137. The number of nitrogens with zero attached hydrogens (tertiary/aromatic N) is 2. The van der Waals surface area contributed by atoms with Gasteiger partial charge in [-0.3, -0.25) is 19.4 Å².